The van der Waals surface area contributed by atoms with E-state index in [-0.39, 0.29) is 17.8 Å². The number of fused-ring (bicyclic) bond motifs is 1. The predicted octanol–water partition coefficient (Wildman–Crippen LogP) is 4.44. The van der Waals surface area contributed by atoms with Crippen molar-refractivity contribution in [3.05, 3.63) is 47.0 Å². The first-order chi connectivity index (χ1) is 12.5. The van der Waals surface area contributed by atoms with Gasteiger partial charge in [-0.2, -0.15) is 5.10 Å². The van der Waals surface area contributed by atoms with Crippen molar-refractivity contribution in [1.29, 1.82) is 0 Å². The molecule has 140 valence electrons. The van der Waals surface area contributed by atoms with Gasteiger partial charge in [-0.15, -0.1) is 0 Å². The molecule has 0 saturated heterocycles. The highest BCUT2D eigenvalue weighted by Crippen LogP contribution is 2.27. The van der Waals surface area contributed by atoms with Crippen LogP contribution in [0.5, 0.6) is 0 Å². The SMILES string of the molecule is CC(C)CC[C@@H](C)NC(=O)c1nn(-c2ccc(F)cc2)c2c1CCCC2. The lowest BCUT2D eigenvalue weighted by atomic mass is 9.95. The third-order valence-corrected chi connectivity index (χ3v) is 5.02. The van der Waals surface area contributed by atoms with Crippen LogP contribution in [0.1, 0.15) is 68.2 Å². The lowest BCUT2D eigenvalue weighted by Gasteiger charge is -2.16. The van der Waals surface area contributed by atoms with Crippen LogP contribution >= 0.6 is 0 Å². The Morgan fingerprint density at radius 2 is 1.85 bits per heavy atom. The Bertz CT molecular complexity index is 764. The molecule has 0 unspecified atom stereocenters. The number of aromatic nitrogens is 2. The monoisotopic (exact) mass is 357 g/mol. The van der Waals surface area contributed by atoms with Gasteiger partial charge < -0.3 is 5.32 Å². The highest BCUT2D eigenvalue weighted by atomic mass is 19.1. The maximum Gasteiger partial charge on any atom is 0.272 e. The summed E-state index contributed by atoms with van der Waals surface area (Å²) in [5.74, 6) is 0.256. The zero-order valence-corrected chi connectivity index (χ0v) is 15.9. The average molecular weight is 357 g/mol. The molecule has 1 N–H and O–H groups in total. The summed E-state index contributed by atoms with van der Waals surface area (Å²) in [5, 5.41) is 7.72. The summed E-state index contributed by atoms with van der Waals surface area (Å²) in [6.07, 6.45) is 5.99. The van der Waals surface area contributed by atoms with Crippen LogP contribution in [0, 0.1) is 11.7 Å². The third-order valence-electron chi connectivity index (χ3n) is 5.02. The van der Waals surface area contributed by atoms with Crippen molar-refractivity contribution < 1.29 is 9.18 Å². The van der Waals surface area contributed by atoms with Gasteiger partial charge in [0.15, 0.2) is 5.69 Å². The van der Waals surface area contributed by atoms with E-state index in [0.717, 1.165) is 55.5 Å². The predicted molar refractivity (Wildman–Crippen MR) is 101 cm³/mol. The fourth-order valence-electron chi connectivity index (χ4n) is 3.52. The van der Waals surface area contributed by atoms with Crippen LogP contribution in [0.3, 0.4) is 0 Å². The van der Waals surface area contributed by atoms with Crippen LogP contribution in [-0.2, 0) is 12.8 Å². The van der Waals surface area contributed by atoms with Crippen molar-refractivity contribution in [2.24, 2.45) is 5.92 Å². The average Bonchev–Trinajstić information content (AvgIpc) is 3.00. The van der Waals surface area contributed by atoms with Crippen molar-refractivity contribution in [3.8, 4) is 5.69 Å². The summed E-state index contributed by atoms with van der Waals surface area (Å²) in [6.45, 7) is 6.42. The number of carbonyl (C=O) groups excluding carboxylic acids is 1. The minimum atomic E-state index is -0.272. The third kappa shape index (κ3) is 4.14. The Hall–Kier alpha value is -2.17. The zero-order chi connectivity index (χ0) is 18.7. The van der Waals surface area contributed by atoms with Crippen LogP contribution < -0.4 is 5.32 Å². The number of nitrogens with one attached hydrogen (secondary N) is 1. The first kappa shape index (κ1) is 18.6. The van der Waals surface area contributed by atoms with E-state index in [2.05, 4.69) is 24.3 Å². The number of halogens is 1. The maximum absolute atomic E-state index is 13.3. The second kappa shape index (κ2) is 8.02. The molecule has 1 amide bonds. The fourth-order valence-corrected chi connectivity index (χ4v) is 3.52. The zero-order valence-electron chi connectivity index (χ0n) is 15.9. The molecule has 0 bridgehead atoms. The van der Waals surface area contributed by atoms with E-state index < -0.39 is 0 Å². The number of carbonyl (C=O) groups is 1. The minimum Gasteiger partial charge on any atom is -0.348 e. The van der Waals surface area contributed by atoms with Crippen LogP contribution in [0.25, 0.3) is 5.69 Å². The van der Waals surface area contributed by atoms with E-state index in [1.165, 1.54) is 12.1 Å². The maximum atomic E-state index is 13.3. The smallest absolute Gasteiger partial charge is 0.272 e. The molecule has 0 saturated carbocycles. The molecule has 2 aromatic rings. The van der Waals surface area contributed by atoms with E-state index in [0.29, 0.717) is 11.6 Å². The molecule has 0 aliphatic heterocycles. The number of hydrogen-bond acceptors (Lipinski definition) is 2. The molecule has 4 nitrogen and oxygen atoms in total. The molecule has 1 aliphatic rings. The van der Waals surface area contributed by atoms with Gasteiger partial charge >= 0.3 is 0 Å². The second-order valence-electron chi connectivity index (χ2n) is 7.71. The topological polar surface area (TPSA) is 46.9 Å². The molecule has 0 spiro atoms. The number of amides is 1. The first-order valence-electron chi connectivity index (χ1n) is 9.63. The van der Waals surface area contributed by atoms with E-state index in [9.17, 15) is 9.18 Å². The number of benzene rings is 1. The highest BCUT2D eigenvalue weighted by molar-refractivity contribution is 5.94. The normalized spacial score (nSPS) is 15.0. The van der Waals surface area contributed by atoms with Crippen molar-refractivity contribution in [1.82, 2.24) is 15.1 Å². The second-order valence-corrected chi connectivity index (χ2v) is 7.71. The Balaban J connectivity index is 1.85. The fraction of sp³-hybridized carbons (Fsp3) is 0.524. The Labute approximate surface area is 154 Å². The molecule has 1 aromatic carbocycles. The summed E-state index contributed by atoms with van der Waals surface area (Å²) in [6, 6.07) is 6.41. The lowest BCUT2D eigenvalue weighted by molar-refractivity contribution is 0.0930. The van der Waals surface area contributed by atoms with Crippen molar-refractivity contribution >= 4 is 5.91 Å². The summed E-state index contributed by atoms with van der Waals surface area (Å²) in [5.41, 5.74) is 3.47. The van der Waals surface area contributed by atoms with Gasteiger partial charge in [0.1, 0.15) is 5.82 Å². The minimum absolute atomic E-state index is 0.0970. The van der Waals surface area contributed by atoms with Gasteiger partial charge in [-0.25, -0.2) is 9.07 Å². The number of hydrogen-bond donors (Lipinski definition) is 1. The Morgan fingerprint density at radius 1 is 1.15 bits per heavy atom. The summed E-state index contributed by atoms with van der Waals surface area (Å²) >= 11 is 0. The molecule has 3 rings (SSSR count). The molecule has 26 heavy (non-hydrogen) atoms. The molecule has 0 radical (unpaired) electrons. The van der Waals surface area contributed by atoms with E-state index in [1.54, 1.807) is 12.1 Å². The van der Waals surface area contributed by atoms with Gasteiger partial charge in [0.2, 0.25) is 0 Å². The van der Waals surface area contributed by atoms with Crippen LogP contribution in [0.4, 0.5) is 4.39 Å². The quantitative estimate of drug-likeness (QED) is 0.830. The van der Waals surface area contributed by atoms with Crippen LogP contribution in [0.2, 0.25) is 0 Å². The largest absolute Gasteiger partial charge is 0.348 e. The Morgan fingerprint density at radius 3 is 2.54 bits per heavy atom. The van der Waals surface area contributed by atoms with Crippen molar-refractivity contribution in [2.75, 3.05) is 0 Å². The molecular formula is C21H28FN3O. The van der Waals surface area contributed by atoms with Gasteiger partial charge in [-0.05, 0) is 75.6 Å². The van der Waals surface area contributed by atoms with Gasteiger partial charge in [0, 0.05) is 17.3 Å². The molecule has 1 atom stereocenters. The van der Waals surface area contributed by atoms with E-state index in [4.69, 9.17) is 0 Å². The van der Waals surface area contributed by atoms with Crippen LogP contribution in [-0.4, -0.2) is 21.7 Å². The highest BCUT2D eigenvalue weighted by Gasteiger charge is 2.26. The van der Waals surface area contributed by atoms with Gasteiger partial charge in [-0.1, -0.05) is 13.8 Å². The number of rotatable bonds is 6. The Kier molecular flexibility index (Phi) is 5.74. The lowest BCUT2D eigenvalue weighted by Crippen LogP contribution is -2.33. The van der Waals surface area contributed by atoms with Gasteiger partial charge in [0.05, 0.1) is 5.69 Å². The summed E-state index contributed by atoms with van der Waals surface area (Å²) in [7, 11) is 0. The van der Waals surface area contributed by atoms with E-state index in [1.807, 2.05) is 11.6 Å². The molecule has 5 heteroatoms. The molecule has 1 heterocycles. The summed E-state index contributed by atoms with van der Waals surface area (Å²) < 4.78 is 15.1. The molecule has 1 aliphatic carbocycles. The van der Waals surface area contributed by atoms with Crippen molar-refractivity contribution in [2.45, 2.75) is 65.3 Å². The van der Waals surface area contributed by atoms with Crippen LogP contribution in [0.15, 0.2) is 24.3 Å². The summed E-state index contributed by atoms with van der Waals surface area (Å²) in [4.78, 5) is 12.8. The standard InChI is InChI=1S/C21H28FN3O/c1-14(2)8-9-15(3)23-21(26)20-18-6-4-5-7-19(18)25(24-20)17-12-10-16(22)11-13-17/h10-15H,4-9H2,1-3H3,(H,23,26)/t15-/m1/s1. The van der Waals surface area contributed by atoms with Gasteiger partial charge in [-0.3, -0.25) is 4.79 Å². The number of nitrogens with zero attached hydrogens (tertiary/aromatic N) is 2. The molecule has 0 fully saturated rings. The van der Waals surface area contributed by atoms with Gasteiger partial charge in [0.25, 0.3) is 5.91 Å². The molecular weight excluding hydrogens is 329 g/mol. The van der Waals surface area contributed by atoms with E-state index >= 15 is 0 Å². The first-order valence-corrected chi connectivity index (χ1v) is 9.63. The molecule has 1 aromatic heterocycles. The van der Waals surface area contributed by atoms with Crippen molar-refractivity contribution in [3.63, 3.8) is 0 Å².